The molecule has 6 aliphatic rings. The second-order valence-electron chi connectivity index (χ2n) is 13.7. The highest BCUT2D eigenvalue weighted by Gasteiger charge is 2.62. The lowest BCUT2D eigenvalue weighted by molar-refractivity contribution is 0.00551. The van der Waals surface area contributed by atoms with Crippen molar-refractivity contribution in [1.82, 2.24) is 14.8 Å². The molecule has 4 heterocycles. The van der Waals surface area contributed by atoms with E-state index in [0.717, 1.165) is 55.8 Å². The minimum atomic E-state index is -0.348. The standard InChI is InChI=1S/C32H39N3O4/c1-17-2-7-23(36)12-26(17)32-13-20-16-34(15-18-3-4-18)29(20)27(32)9-19-8-25(30(38)33-28(19)14-32)31(39)35-21-5-6-22(35)11-24(37)10-21/h2,7-8,12,18,20-22,24,27,29,36-37H,3-6,9-11,13-16H2,1H3,(H,33,38)/t20?,21-,22+,24+,27-,29+,32+/m0/s1. The maximum Gasteiger partial charge on any atom is 0.261 e. The van der Waals surface area contributed by atoms with Crippen LogP contribution < -0.4 is 5.56 Å². The Labute approximate surface area is 229 Å². The number of phenolic OH excluding ortho intramolecular Hbond substituents is 1. The summed E-state index contributed by atoms with van der Waals surface area (Å²) in [6.07, 6.45) is 8.04. The Hall–Kier alpha value is -2.64. The fraction of sp³-hybridized carbons (Fsp3) is 0.625. The van der Waals surface area contributed by atoms with Crippen molar-refractivity contribution < 1.29 is 15.0 Å². The number of fused-ring (bicyclic) bond motifs is 6. The number of aryl methyl sites for hydroxylation is 1. The first-order valence-corrected chi connectivity index (χ1v) is 15.1. The van der Waals surface area contributed by atoms with E-state index in [1.165, 1.54) is 30.5 Å². The van der Waals surface area contributed by atoms with Crippen LogP contribution in [0, 0.1) is 24.7 Å². The number of phenols is 1. The number of benzene rings is 1. The van der Waals surface area contributed by atoms with Crippen molar-refractivity contribution in [3.8, 4) is 5.75 Å². The summed E-state index contributed by atoms with van der Waals surface area (Å²) in [4.78, 5) is 35.0. The number of rotatable bonds is 4. The van der Waals surface area contributed by atoms with Crippen molar-refractivity contribution in [1.29, 1.82) is 0 Å². The van der Waals surface area contributed by atoms with Crippen molar-refractivity contribution in [2.24, 2.45) is 17.8 Å². The fourth-order valence-electron chi connectivity index (χ4n) is 9.59. The molecule has 7 atom stereocenters. The normalized spacial score (nSPS) is 36.7. The van der Waals surface area contributed by atoms with E-state index in [9.17, 15) is 19.8 Å². The number of H-pyrrole nitrogens is 1. The van der Waals surface area contributed by atoms with Gasteiger partial charge in [0.25, 0.3) is 11.5 Å². The third kappa shape index (κ3) is 3.61. The van der Waals surface area contributed by atoms with Gasteiger partial charge in [0.05, 0.1) is 6.10 Å². The molecule has 206 valence electrons. The zero-order valence-electron chi connectivity index (χ0n) is 22.7. The lowest BCUT2D eigenvalue weighted by Crippen LogP contribution is -2.58. The summed E-state index contributed by atoms with van der Waals surface area (Å²) in [5.41, 5.74) is 4.35. The summed E-state index contributed by atoms with van der Waals surface area (Å²) in [6.45, 7) is 4.49. The molecule has 2 aromatic rings. The van der Waals surface area contributed by atoms with E-state index in [0.29, 0.717) is 36.5 Å². The second kappa shape index (κ2) is 8.43. The number of pyridine rings is 1. The maximum atomic E-state index is 13.8. The fourth-order valence-corrected chi connectivity index (χ4v) is 9.59. The number of aliphatic hydroxyl groups excluding tert-OH is 1. The number of aromatic nitrogens is 1. The Balaban J connectivity index is 1.18. The number of hydrogen-bond donors (Lipinski definition) is 3. The predicted molar refractivity (Wildman–Crippen MR) is 147 cm³/mol. The van der Waals surface area contributed by atoms with Crippen LogP contribution in [0.3, 0.4) is 0 Å². The topological polar surface area (TPSA) is 96.9 Å². The average molecular weight is 530 g/mol. The molecule has 3 aliphatic carbocycles. The average Bonchev–Trinajstić information content (AvgIpc) is 3.62. The van der Waals surface area contributed by atoms with Gasteiger partial charge in [-0.05, 0) is 117 Å². The molecule has 3 aliphatic heterocycles. The van der Waals surface area contributed by atoms with E-state index >= 15 is 0 Å². The molecule has 0 spiro atoms. The number of aliphatic hydroxyl groups is 1. The van der Waals surface area contributed by atoms with Crippen molar-refractivity contribution in [3.05, 3.63) is 62.6 Å². The van der Waals surface area contributed by atoms with Crippen LogP contribution >= 0.6 is 0 Å². The number of carbonyl (C=O) groups is 1. The summed E-state index contributed by atoms with van der Waals surface area (Å²) in [5, 5.41) is 20.7. The molecule has 8 rings (SSSR count). The predicted octanol–water partition coefficient (Wildman–Crippen LogP) is 3.28. The molecule has 2 bridgehead atoms. The molecule has 7 nitrogen and oxygen atoms in total. The number of carbonyl (C=O) groups excluding carboxylic acids is 1. The molecule has 1 aromatic heterocycles. The first-order valence-electron chi connectivity index (χ1n) is 15.1. The quantitative estimate of drug-likeness (QED) is 0.565. The van der Waals surface area contributed by atoms with Crippen LogP contribution in [-0.2, 0) is 18.3 Å². The Kier molecular flexibility index (Phi) is 5.23. The molecule has 0 radical (unpaired) electrons. The zero-order chi connectivity index (χ0) is 26.6. The lowest BCUT2D eigenvalue weighted by Gasteiger charge is -2.49. The Morgan fingerprint density at radius 2 is 1.90 bits per heavy atom. The Morgan fingerprint density at radius 3 is 2.64 bits per heavy atom. The van der Waals surface area contributed by atoms with Crippen LogP contribution in [0.2, 0.25) is 0 Å². The Morgan fingerprint density at radius 1 is 1.13 bits per heavy atom. The van der Waals surface area contributed by atoms with Crippen molar-refractivity contribution in [2.45, 2.75) is 94.4 Å². The summed E-state index contributed by atoms with van der Waals surface area (Å²) < 4.78 is 0. The van der Waals surface area contributed by atoms with Gasteiger partial charge in [-0.3, -0.25) is 14.5 Å². The third-order valence-electron chi connectivity index (χ3n) is 11.4. The van der Waals surface area contributed by atoms with E-state index in [1.54, 1.807) is 6.07 Å². The number of nitrogens with one attached hydrogen (secondary N) is 1. The molecule has 3 saturated heterocycles. The van der Waals surface area contributed by atoms with E-state index in [1.807, 2.05) is 23.1 Å². The SMILES string of the molecule is Cc1ccc(O)cc1[C@@]12Cc3[nH]c(=O)c(C(=O)N4[C@@H]5CC[C@H]4C[C@@H](O)C5)cc3C[C@H]1[C@H]1C(CN1CC1CC1)C2. The number of amides is 1. The van der Waals surface area contributed by atoms with E-state index < -0.39 is 0 Å². The van der Waals surface area contributed by atoms with Crippen molar-refractivity contribution in [3.63, 3.8) is 0 Å². The number of nitrogens with zero attached hydrogens (tertiary/aromatic N) is 2. The first-order chi connectivity index (χ1) is 18.8. The molecule has 39 heavy (non-hydrogen) atoms. The zero-order valence-corrected chi connectivity index (χ0v) is 22.7. The highest BCUT2D eigenvalue weighted by molar-refractivity contribution is 5.95. The van der Waals surface area contributed by atoms with Gasteiger partial charge in [-0.15, -0.1) is 0 Å². The van der Waals surface area contributed by atoms with Crippen LogP contribution in [0.5, 0.6) is 5.75 Å². The smallest absolute Gasteiger partial charge is 0.261 e. The molecular weight excluding hydrogens is 490 g/mol. The van der Waals surface area contributed by atoms with Crippen LogP contribution in [0.4, 0.5) is 0 Å². The third-order valence-corrected chi connectivity index (χ3v) is 11.4. The number of hydrogen-bond acceptors (Lipinski definition) is 5. The Bertz CT molecular complexity index is 1400. The van der Waals surface area contributed by atoms with Gasteiger partial charge in [-0.25, -0.2) is 0 Å². The van der Waals surface area contributed by atoms with Gasteiger partial charge in [-0.2, -0.15) is 0 Å². The molecule has 7 heteroatoms. The van der Waals surface area contributed by atoms with Crippen LogP contribution in [0.15, 0.2) is 29.1 Å². The van der Waals surface area contributed by atoms with Crippen LogP contribution in [-0.4, -0.2) is 68.2 Å². The number of aromatic amines is 1. The molecular formula is C32H39N3O4. The number of aromatic hydroxyl groups is 1. The van der Waals surface area contributed by atoms with Gasteiger partial charge in [0.2, 0.25) is 0 Å². The minimum absolute atomic E-state index is 0.0321. The molecule has 2 saturated carbocycles. The molecule has 1 unspecified atom stereocenters. The summed E-state index contributed by atoms with van der Waals surface area (Å²) in [7, 11) is 0. The number of piperidine rings is 1. The largest absolute Gasteiger partial charge is 0.508 e. The lowest BCUT2D eigenvalue weighted by atomic mass is 9.62. The molecule has 5 fully saturated rings. The number of likely N-dealkylation sites (tertiary alicyclic amines) is 1. The van der Waals surface area contributed by atoms with Gasteiger partial charge in [0.15, 0.2) is 0 Å². The summed E-state index contributed by atoms with van der Waals surface area (Å²) in [6, 6.07) is 8.27. The minimum Gasteiger partial charge on any atom is -0.508 e. The van der Waals surface area contributed by atoms with E-state index in [2.05, 4.69) is 16.8 Å². The summed E-state index contributed by atoms with van der Waals surface area (Å²) in [5.74, 6) is 2.01. The monoisotopic (exact) mass is 529 g/mol. The summed E-state index contributed by atoms with van der Waals surface area (Å²) >= 11 is 0. The van der Waals surface area contributed by atoms with Gasteiger partial charge in [-0.1, -0.05) is 6.07 Å². The van der Waals surface area contributed by atoms with Gasteiger partial charge in [0, 0.05) is 42.3 Å². The van der Waals surface area contributed by atoms with Gasteiger partial charge >= 0.3 is 0 Å². The van der Waals surface area contributed by atoms with Crippen molar-refractivity contribution >= 4 is 5.91 Å². The van der Waals surface area contributed by atoms with E-state index in [4.69, 9.17) is 0 Å². The van der Waals surface area contributed by atoms with Crippen molar-refractivity contribution in [2.75, 3.05) is 13.1 Å². The van der Waals surface area contributed by atoms with Gasteiger partial charge < -0.3 is 20.1 Å². The van der Waals surface area contributed by atoms with Gasteiger partial charge in [0.1, 0.15) is 11.3 Å². The highest BCUT2D eigenvalue weighted by Crippen LogP contribution is 2.60. The van der Waals surface area contributed by atoms with Crippen LogP contribution in [0.1, 0.15) is 77.7 Å². The van der Waals surface area contributed by atoms with E-state index in [-0.39, 0.29) is 40.6 Å². The molecule has 1 amide bonds. The second-order valence-corrected chi connectivity index (χ2v) is 13.7. The molecule has 1 aromatic carbocycles. The first kappa shape index (κ1) is 24.2. The highest BCUT2D eigenvalue weighted by atomic mass is 16.3. The maximum absolute atomic E-state index is 13.8. The van der Waals surface area contributed by atoms with Crippen LogP contribution in [0.25, 0.3) is 0 Å². The molecule has 3 N–H and O–H groups in total.